The Morgan fingerprint density at radius 2 is 1.68 bits per heavy atom. The van der Waals surface area contributed by atoms with Crippen molar-refractivity contribution < 1.29 is 19.4 Å². The maximum Gasteiger partial charge on any atom is 0.271 e. The lowest BCUT2D eigenvalue weighted by Gasteiger charge is -2.12. The van der Waals surface area contributed by atoms with Gasteiger partial charge in [-0.3, -0.25) is 4.79 Å². The van der Waals surface area contributed by atoms with E-state index in [1.54, 1.807) is 24.3 Å². The first kappa shape index (κ1) is 18.1. The number of aromatic hydroxyl groups is 1. The molecule has 0 heterocycles. The van der Waals surface area contributed by atoms with E-state index in [1.807, 2.05) is 31.1 Å². The fraction of sp³-hybridized carbons (Fsp3) is 0.222. The Bertz CT molecular complexity index is 745. The molecule has 0 spiro atoms. The van der Waals surface area contributed by atoms with Crippen LogP contribution in [0.15, 0.2) is 41.5 Å². The highest BCUT2D eigenvalue weighted by Crippen LogP contribution is 2.36. The van der Waals surface area contributed by atoms with Crippen molar-refractivity contribution in [1.82, 2.24) is 5.43 Å². The number of nitrogens with one attached hydrogen (secondary N) is 1. The molecule has 0 aliphatic carbocycles. The second kappa shape index (κ2) is 8.05. The topological polar surface area (TPSA) is 83.4 Å². The average molecular weight is 343 g/mol. The van der Waals surface area contributed by atoms with Gasteiger partial charge in [-0.1, -0.05) is 0 Å². The van der Waals surface area contributed by atoms with Gasteiger partial charge in [0.2, 0.25) is 5.75 Å². The van der Waals surface area contributed by atoms with Gasteiger partial charge in [-0.15, -0.1) is 0 Å². The van der Waals surface area contributed by atoms with Crippen LogP contribution in [0.3, 0.4) is 0 Å². The van der Waals surface area contributed by atoms with Crippen LogP contribution in [0.1, 0.15) is 15.9 Å². The molecule has 0 aliphatic heterocycles. The second-order valence-corrected chi connectivity index (χ2v) is 5.41. The Hall–Kier alpha value is -3.22. The number of anilines is 1. The van der Waals surface area contributed by atoms with Gasteiger partial charge in [0.05, 0.1) is 20.4 Å². The van der Waals surface area contributed by atoms with Crippen molar-refractivity contribution in [2.45, 2.75) is 0 Å². The van der Waals surface area contributed by atoms with Crippen LogP contribution in [-0.2, 0) is 0 Å². The monoisotopic (exact) mass is 343 g/mol. The molecule has 0 saturated heterocycles. The van der Waals surface area contributed by atoms with Crippen LogP contribution in [0.4, 0.5) is 5.69 Å². The van der Waals surface area contributed by atoms with Gasteiger partial charge in [0.15, 0.2) is 11.5 Å². The highest BCUT2D eigenvalue weighted by Gasteiger charge is 2.10. The normalized spacial score (nSPS) is 10.6. The van der Waals surface area contributed by atoms with Crippen molar-refractivity contribution in [3.63, 3.8) is 0 Å². The first-order valence-corrected chi connectivity index (χ1v) is 7.52. The number of methoxy groups -OCH3 is 2. The van der Waals surface area contributed by atoms with E-state index in [-0.39, 0.29) is 23.2 Å². The molecule has 7 nitrogen and oxygen atoms in total. The molecule has 0 radical (unpaired) electrons. The van der Waals surface area contributed by atoms with Crippen LogP contribution < -0.4 is 19.8 Å². The molecule has 2 N–H and O–H groups in total. The van der Waals surface area contributed by atoms with E-state index in [4.69, 9.17) is 9.47 Å². The van der Waals surface area contributed by atoms with Crippen molar-refractivity contribution in [2.75, 3.05) is 33.2 Å². The number of amides is 1. The number of carbonyl (C=O) groups is 1. The Kier molecular flexibility index (Phi) is 5.84. The Labute approximate surface area is 146 Å². The van der Waals surface area contributed by atoms with E-state index in [1.165, 1.54) is 20.4 Å². The fourth-order valence-electron chi connectivity index (χ4n) is 2.13. The Morgan fingerprint density at radius 1 is 1.12 bits per heavy atom. The van der Waals surface area contributed by atoms with Gasteiger partial charge in [-0.25, -0.2) is 5.43 Å². The molecule has 0 fully saturated rings. The first-order chi connectivity index (χ1) is 12.0. The molecule has 0 aliphatic rings. The summed E-state index contributed by atoms with van der Waals surface area (Å²) in [6, 6.07) is 10.3. The van der Waals surface area contributed by atoms with E-state index >= 15 is 0 Å². The summed E-state index contributed by atoms with van der Waals surface area (Å²) in [5, 5.41) is 13.8. The largest absolute Gasteiger partial charge is 0.502 e. The number of hydrogen-bond acceptors (Lipinski definition) is 6. The maximum absolute atomic E-state index is 12.1. The second-order valence-electron chi connectivity index (χ2n) is 5.41. The maximum atomic E-state index is 12.1. The lowest BCUT2D eigenvalue weighted by molar-refractivity contribution is 0.0955. The molecule has 0 bridgehead atoms. The molecule has 7 heteroatoms. The zero-order valence-electron chi connectivity index (χ0n) is 14.6. The van der Waals surface area contributed by atoms with Crippen molar-refractivity contribution >= 4 is 17.8 Å². The molecule has 2 aromatic rings. The number of benzene rings is 2. The Balaban J connectivity index is 2.08. The van der Waals surface area contributed by atoms with Gasteiger partial charge in [-0.2, -0.15) is 5.10 Å². The molecule has 0 saturated carbocycles. The predicted octanol–water partition coefficient (Wildman–Crippen LogP) is 2.24. The number of ether oxygens (including phenoxy) is 2. The Morgan fingerprint density at radius 3 is 2.16 bits per heavy atom. The van der Waals surface area contributed by atoms with Crippen molar-refractivity contribution in [3.8, 4) is 17.2 Å². The van der Waals surface area contributed by atoms with E-state index in [0.717, 1.165) is 5.69 Å². The molecule has 132 valence electrons. The SMILES string of the molecule is COc1cc(/C=N/NC(=O)c2ccc(N(C)C)cc2)cc(OC)c1O. The molecular weight excluding hydrogens is 322 g/mol. The van der Waals surface area contributed by atoms with E-state index < -0.39 is 0 Å². The van der Waals surface area contributed by atoms with E-state index in [2.05, 4.69) is 10.5 Å². The van der Waals surface area contributed by atoms with Crippen LogP contribution in [-0.4, -0.2) is 45.5 Å². The van der Waals surface area contributed by atoms with Crippen LogP contribution in [0.5, 0.6) is 17.2 Å². The smallest absolute Gasteiger partial charge is 0.271 e. The minimum atomic E-state index is -0.320. The van der Waals surface area contributed by atoms with Crippen LogP contribution in [0, 0.1) is 0 Å². The third-order valence-electron chi connectivity index (χ3n) is 3.53. The lowest BCUT2D eigenvalue weighted by atomic mass is 10.2. The van der Waals surface area contributed by atoms with Gasteiger partial charge in [0.1, 0.15) is 0 Å². The number of phenols is 1. The highest BCUT2D eigenvalue weighted by molar-refractivity contribution is 5.95. The summed E-state index contributed by atoms with van der Waals surface area (Å²) in [6.07, 6.45) is 1.44. The predicted molar refractivity (Wildman–Crippen MR) is 97.0 cm³/mol. The van der Waals surface area contributed by atoms with Crippen LogP contribution >= 0.6 is 0 Å². The number of rotatable bonds is 6. The number of carbonyl (C=O) groups excluding carboxylic acids is 1. The molecule has 25 heavy (non-hydrogen) atoms. The summed E-state index contributed by atoms with van der Waals surface area (Å²) in [5.41, 5.74) is 4.57. The van der Waals surface area contributed by atoms with Gasteiger partial charge in [-0.05, 0) is 36.4 Å². The third kappa shape index (κ3) is 4.41. The van der Waals surface area contributed by atoms with Gasteiger partial charge < -0.3 is 19.5 Å². The molecule has 2 rings (SSSR count). The molecule has 2 aromatic carbocycles. The van der Waals surface area contributed by atoms with Crippen molar-refractivity contribution in [3.05, 3.63) is 47.5 Å². The van der Waals surface area contributed by atoms with Crippen molar-refractivity contribution in [1.29, 1.82) is 0 Å². The van der Waals surface area contributed by atoms with Crippen LogP contribution in [0.25, 0.3) is 0 Å². The molecule has 1 amide bonds. The molecule has 0 atom stereocenters. The molecule has 0 unspecified atom stereocenters. The fourth-order valence-corrected chi connectivity index (χ4v) is 2.13. The standard InChI is InChI=1S/C18H21N3O4/c1-21(2)14-7-5-13(6-8-14)18(23)20-19-11-12-9-15(24-3)17(22)16(10-12)25-4/h5-11,22H,1-4H3,(H,20,23)/b19-11+. The van der Waals surface area contributed by atoms with Gasteiger partial charge in [0.25, 0.3) is 5.91 Å². The third-order valence-corrected chi connectivity index (χ3v) is 3.53. The van der Waals surface area contributed by atoms with Crippen LogP contribution in [0.2, 0.25) is 0 Å². The summed E-state index contributed by atoms with van der Waals surface area (Å²) >= 11 is 0. The highest BCUT2D eigenvalue weighted by atomic mass is 16.5. The zero-order valence-corrected chi connectivity index (χ0v) is 14.6. The van der Waals surface area contributed by atoms with Gasteiger partial charge in [0, 0.05) is 30.9 Å². The zero-order chi connectivity index (χ0) is 18.4. The summed E-state index contributed by atoms with van der Waals surface area (Å²) < 4.78 is 10.1. The van der Waals surface area contributed by atoms with E-state index in [9.17, 15) is 9.90 Å². The molecular formula is C18H21N3O4. The minimum Gasteiger partial charge on any atom is -0.502 e. The lowest BCUT2D eigenvalue weighted by Crippen LogP contribution is -2.18. The number of hydrazone groups is 1. The first-order valence-electron chi connectivity index (χ1n) is 7.52. The minimum absolute atomic E-state index is 0.0906. The number of hydrogen-bond donors (Lipinski definition) is 2. The van der Waals surface area contributed by atoms with Crippen molar-refractivity contribution in [2.24, 2.45) is 5.10 Å². The summed E-state index contributed by atoms with van der Waals surface area (Å²) in [7, 11) is 6.74. The average Bonchev–Trinajstić information content (AvgIpc) is 2.62. The quantitative estimate of drug-likeness (QED) is 0.621. The summed E-state index contributed by atoms with van der Waals surface area (Å²) in [6.45, 7) is 0. The summed E-state index contributed by atoms with van der Waals surface area (Å²) in [4.78, 5) is 14.0. The number of phenolic OH excluding ortho intramolecular Hbond substituents is 1. The van der Waals surface area contributed by atoms with E-state index in [0.29, 0.717) is 11.1 Å². The summed E-state index contributed by atoms with van der Waals surface area (Å²) in [5.74, 6) is 0.101. The number of nitrogens with zero attached hydrogens (tertiary/aromatic N) is 2. The van der Waals surface area contributed by atoms with Gasteiger partial charge >= 0.3 is 0 Å². The molecule has 0 aromatic heterocycles.